The van der Waals surface area contributed by atoms with E-state index in [1.54, 1.807) is 6.07 Å². The van der Waals surface area contributed by atoms with Crippen LogP contribution in [0, 0.1) is 5.82 Å². The molecule has 1 aliphatic heterocycles. The van der Waals surface area contributed by atoms with Crippen LogP contribution in [0.5, 0.6) is 0 Å². The Morgan fingerprint density at radius 2 is 2.42 bits per heavy atom. The molecule has 19 heavy (non-hydrogen) atoms. The third-order valence-corrected chi connectivity index (χ3v) is 3.89. The van der Waals surface area contributed by atoms with Crippen molar-refractivity contribution in [1.29, 1.82) is 0 Å². The summed E-state index contributed by atoms with van der Waals surface area (Å²) in [6.07, 6.45) is 1.20. The van der Waals surface area contributed by atoms with Crippen LogP contribution in [0.25, 0.3) is 0 Å². The van der Waals surface area contributed by atoms with E-state index in [2.05, 4.69) is 28.2 Å². The van der Waals surface area contributed by atoms with Gasteiger partial charge in [-0.1, -0.05) is 15.9 Å². The van der Waals surface area contributed by atoms with Crippen molar-refractivity contribution < 1.29 is 13.9 Å². The number of rotatable bonds is 6. The molecule has 2 rings (SSSR count). The molecule has 0 bridgehead atoms. The van der Waals surface area contributed by atoms with Crippen molar-refractivity contribution in [3.8, 4) is 0 Å². The van der Waals surface area contributed by atoms with Crippen LogP contribution in [0.4, 0.5) is 4.39 Å². The number of benzene rings is 1. The fourth-order valence-electron chi connectivity index (χ4n) is 1.95. The quantitative estimate of drug-likeness (QED) is 0.869. The van der Waals surface area contributed by atoms with Gasteiger partial charge in [0.25, 0.3) is 0 Å². The van der Waals surface area contributed by atoms with Gasteiger partial charge in [0, 0.05) is 23.7 Å². The largest absolute Gasteiger partial charge is 0.379 e. The van der Waals surface area contributed by atoms with Crippen molar-refractivity contribution in [3.63, 3.8) is 0 Å². The van der Waals surface area contributed by atoms with Gasteiger partial charge in [-0.25, -0.2) is 4.39 Å². The van der Waals surface area contributed by atoms with Crippen molar-refractivity contribution >= 4 is 15.9 Å². The maximum absolute atomic E-state index is 13.1. The van der Waals surface area contributed by atoms with Gasteiger partial charge in [-0.05, 0) is 37.1 Å². The molecule has 1 heterocycles. The lowest BCUT2D eigenvalue weighted by atomic mass is 10.2. The number of halogens is 2. The summed E-state index contributed by atoms with van der Waals surface area (Å²) >= 11 is 3.42. The summed E-state index contributed by atoms with van der Waals surface area (Å²) in [6, 6.07) is 4.93. The van der Waals surface area contributed by atoms with Crippen LogP contribution in [0.2, 0.25) is 0 Å². The topological polar surface area (TPSA) is 30.5 Å². The molecule has 0 unspecified atom stereocenters. The molecular formula is C14H19BrFNO2. The number of hydrogen-bond acceptors (Lipinski definition) is 3. The van der Waals surface area contributed by atoms with E-state index in [-0.39, 0.29) is 18.0 Å². The summed E-state index contributed by atoms with van der Waals surface area (Å²) in [7, 11) is 0. The molecule has 0 aromatic heterocycles. The van der Waals surface area contributed by atoms with E-state index in [9.17, 15) is 4.39 Å². The minimum Gasteiger partial charge on any atom is -0.379 e. The monoisotopic (exact) mass is 331 g/mol. The van der Waals surface area contributed by atoms with E-state index >= 15 is 0 Å². The fraction of sp³-hybridized carbons (Fsp3) is 0.571. The van der Waals surface area contributed by atoms with Crippen molar-refractivity contribution in [3.05, 3.63) is 34.1 Å². The highest BCUT2D eigenvalue weighted by molar-refractivity contribution is 9.10. The van der Waals surface area contributed by atoms with Crippen molar-refractivity contribution in [2.75, 3.05) is 19.8 Å². The maximum atomic E-state index is 13.1. The molecule has 0 saturated carbocycles. The molecule has 5 heteroatoms. The van der Waals surface area contributed by atoms with Gasteiger partial charge >= 0.3 is 0 Å². The summed E-state index contributed by atoms with van der Waals surface area (Å²) in [5.41, 5.74) is 0.913. The summed E-state index contributed by atoms with van der Waals surface area (Å²) in [6.45, 7) is 4.80. The van der Waals surface area contributed by atoms with E-state index in [1.165, 1.54) is 12.1 Å². The SMILES string of the molecule is C[C@H](CO[C@@H]1CCOC1)NCc1cc(F)ccc1Br. The average molecular weight is 332 g/mol. The fourth-order valence-corrected chi connectivity index (χ4v) is 2.33. The Bertz CT molecular complexity index is 410. The first-order valence-corrected chi connectivity index (χ1v) is 7.31. The number of nitrogens with one attached hydrogen (secondary N) is 1. The molecule has 1 aromatic rings. The summed E-state index contributed by atoms with van der Waals surface area (Å²) in [4.78, 5) is 0. The maximum Gasteiger partial charge on any atom is 0.123 e. The summed E-state index contributed by atoms with van der Waals surface area (Å²) in [5.74, 6) is -0.216. The second-order valence-corrected chi connectivity index (χ2v) is 5.69. The Labute approximate surface area is 121 Å². The van der Waals surface area contributed by atoms with Crippen LogP contribution in [-0.2, 0) is 16.0 Å². The van der Waals surface area contributed by atoms with Gasteiger partial charge in [0.05, 0.1) is 19.3 Å². The van der Waals surface area contributed by atoms with Crippen molar-refractivity contribution in [2.45, 2.75) is 32.0 Å². The molecule has 2 atom stereocenters. The van der Waals surface area contributed by atoms with E-state index in [1.807, 2.05) is 0 Å². The normalized spacial score (nSPS) is 20.7. The molecule has 0 amide bonds. The molecular weight excluding hydrogens is 313 g/mol. The Hall–Kier alpha value is -0.490. The van der Waals surface area contributed by atoms with Gasteiger partial charge < -0.3 is 14.8 Å². The van der Waals surface area contributed by atoms with Gasteiger partial charge in [0.1, 0.15) is 5.82 Å². The van der Waals surface area contributed by atoms with E-state index < -0.39 is 0 Å². The summed E-state index contributed by atoms with van der Waals surface area (Å²) in [5, 5.41) is 3.33. The second kappa shape index (κ2) is 7.33. The first-order chi connectivity index (χ1) is 9.15. The molecule has 1 N–H and O–H groups in total. The molecule has 0 radical (unpaired) electrons. The zero-order chi connectivity index (χ0) is 13.7. The van der Waals surface area contributed by atoms with Crippen LogP contribution < -0.4 is 5.32 Å². The van der Waals surface area contributed by atoms with Crippen LogP contribution in [-0.4, -0.2) is 32.0 Å². The van der Waals surface area contributed by atoms with Gasteiger partial charge in [-0.2, -0.15) is 0 Å². The lowest BCUT2D eigenvalue weighted by Gasteiger charge is -2.17. The highest BCUT2D eigenvalue weighted by Crippen LogP contribution is 2.17. The first-order valence-electron chi connectivity index (χ1n) is 6.52. The smallest absolute Gasteiger partial charge is 0.123 e. The van der Waals surface area contributed by atoms with Gasteiger partial charge in [-0.3, -0.25) is 0 Å². The highest BCUT2D eigenvalue weighted by Gasteiger charge is 2.16. The number of hydrogen-bond donors (Lipinski definition) is 1. The molecule has 0 spiro atoms. The van der Waals surface area contributed by atoms with Crippen molar-refractivity contribution in [1.82, 2.24) is 5.32 Å². The van der Waals surface area contributed by atoms with Crippen LogP contribution >= 0.6 is 15.9 Å². The molecule has 0 aliphatic carbocycles. The van der Waals surface area contributed by atoms with Crippen LogP contribution in [0.1, 0.15) is 18.9 Å². The lowest BCUT2D eigenvalue weighted by molar-refractivity contribution is 0.0322. The van der Waals surface area contributed by atoms with Gasteiger partial charge in [0.2, 0.25) is 0 Å². The Morgan fingerprint density at radius 3 is 3.16 bits per heavy atom. The van der Waals surface area contributed by atoms with Gasteiger partial charge in [0.15, 0.2) is 0 Å². The molecule has 3 nitrogen and oxygen atoms in total. The third kappa shape index (κ3) is 4.84. The molecule has 1 fully saturated rings. The van der Waals surface area contributed by atoms with E-state index in [0.29, 0.717) is 19.8 Å². The predicted molar refractivity (Wildman–Crippen MR) is 75.6 cm³/mol. The third-order valence-electron chi connectivity index (χ3n) is 3.12. The first kappa shape index (κ1) is 14.9. The molecule has 1 aromatic carbocycles. The second-order valence-electron chi connectivity index (χ2n) is 4.84. The molecule has 1 aliphatic rings. The van der Waals surface area contributed by atoms with Crippen LogP contribution in [0.3, 0.4) is 0 Å². The number of ether oxygens (including phenoxy) is 2. The average Bonchev–Trinajstić information content (AvgIpc) is 2.90. The Kier molecular flexibility index (Phi) is 5.76. The Morgan fingerprint density at radius 1 is 1.58 bits per heavy atom. The van der Waals surface area contributed by atoms with Crippen LogP contribution in [0.15, 0.2) is 22.7 Å². The Balaban J connectivity index is 1.73. The van der Waals surface area contributed by atoms with Crippen molar-refractivity contribution in [2.24, 2.45) is 0 Å². The van der Waals surface area contributed by atoms with E-state index in [0.717, 1.165) is 23.1 Å². The standard InChI is InChI=1S/C14H19BrFNO2/c1-10(8-19-13-4-5-18-9-13)17-7-11-6-12(16)2-3-14(11)15/h2-3,6,10,13,17H,4-5,7-9H2,1H3/t10-,13-/m1/s1. The molecule has 106 valence electrons. The minimum atomic E-state index is -0.216. The summed E-state index contributed by atoms with van der Waals surface area (Å²) < 4.78 is 25.0. The zero-order valence-corrected chi connectivity index (χ0v) is 12.6. The zero-order valence-electron chi connectivity index (χ0n) is 11.0. The van der Waals surface area contributed by atoms with E-state index in [4.69, 9.17) is 9.47 Å². The predicted octanol–water partition coefficient (Wildman–Crippen LogP) is 2.87. The lowest BCUT2D eigenvalue weighted by Crippen LogP contribution is -2.32. The minimum absolute atomic E-state index is 0.216. The molecule has 1 saturated heterocycles. The highest BCUT2D eigenvalue weighted by atomic mass is 79.9. The van der Waals surface area contributed by atoms with Gasteiger partial charge in [-0.15, -0.1) is 0 Å².